The fourth-order valence-electron chi connectivity index (χ4n) is 3.09. The molecule has 1 fully saturated rings. The van der Waals surface area contributed by atoms with Crippen LogP contribution in [0, 0.1) is 11.6 Å². The molecule has 0 radical (unpaired) electrons. The lowest BCUT2D eigenvalue weighted by Gasteiger charge is -2.17. The van der Waals surface area contributed by atoms with E-state index in [2.05, 4.69) is 20.3 Å². The van der Waals surface area contributed by atoms with E-state index in [-0.39, 0.29) is 18.9 Å². The molecule has 0 unspecified atom stereocenters. The number of nitrogens with zero attached hydrogens (tertiary/aromatic N) is 4. The van der Waals surface area contributed by atoms with Crippen LogP contribution in [-0.2, 0) is 17.8 Å². The summed E-state index contributed by atoms with van der Waals surface area (Å²) in [6, 6.07) is 9.78. The Morgan fingerprint density at radius 2 is 1.97 bits per heavy atom. The van der Waals surface area contributed by atoms with Crippen LogP contribution in [0.2, 0.25) is 0 Å². The molecule has 3 aromatic rings. The largest absolute Gasteiger partial charge is 0.357 e. The van der Waals surface area contributed by atoms with E-state index in [1.54, 1.807) is 23.1 Å². The number of carbonyl (C=O) groups excluding carboxylic acids is 1. The van der Waals surface area contributed by atoms with Gasteiger partial charge >= 0.3 is 0 Å². The molecule has 1 N–H and O–H groups in total. The molecule has 150 valence electrons. The van der Waals surface area contributed by atoms with Crippen molar-refractivity contribution in [1.29, 1.82) is 0 Å². The van der Waals surface area contributed by atoms with E-state index in [0.717, 1.165) is 23.5 Å². The molecule has 8 heteroatoms. The maximum Gasteiger partial charge on any atom is 0.230 e. The number of halogens is 2. The summed E-state index contributed by atoms with van der Waals surface area (Å²) in [7, 11) is 2.03. The van der Waals surface area contributed by atoms with Gasteiger partial charge in [0.05, 0.1) is 13.0 Å². The second-order valence-corrected chi connectivity index (χ2v) is 7.24. The minimum atomic E-state index is -0.897. The molecule has 0 spiro atoms. The first-order valence-electron chi connectivity index (χ1n) is 9.43. The quantitative estimate of drug-likeness (QED) is 0.664. The van der Waals surface area contributed by atoms with Crippen LogP contribution in [0.3, 0.4) is 0 Å². The third-order valence-electron chi connectivity index (χ3n) is 4.87. The van der Waals surface area contributed by atoms with Crippen molar-refractivity contribution in [2.45, 2.75) is 31.8 Å². The molecular weight excluding hydrogens is 376 g/mol. The molecule has 1 aliphatic carbocycles. The molecular formula is C21H21F2N5O. The van der Waals surface area contributed by atoms with E-state index < -0.39 is 11.6 Å². The van der Waals surface area contributed by atoms with Gasteiger partial charge in [0.2, 0.25) is 5.91 Å². The minimum Gasteiger partial charge on any atom is -0.357 e. The average Bonchev–Trinajstić information content (AvgIpc) is 3.46. The van der Waals surface area contributed by atoms with Gasteiger partial charge < -0.3 is 10.2 Å². The van der Waals surface area contributed by atoms with E-state index in [4.69, 9.17) is 0 Å². The molecule has 2 heterocycles. The second kappa shape index (κ2) is 7.98. The van der Waals surface area contributed by atoms with Crippen molar-refractivity contribution in [3.05, 3.63) is 71.6 Å². The number of benzene rings is 1. The summed E-state index contributed by atoms with van der Waals surface area (Å²) < 4.78 is 27.9. The summed E-state index contributed by atoms with van der Waals surface area (Å²) in [5, 5.41) is 6.99. The number of carbonyl (C=O) groups is 1. The van der Waals surface area contributed by atoms with Gasteiger partial charge in [0.1, 0.15) is 5.82 Å². The van der Waals surface area contributed by atoms with E-state index in [0.29, 0.717) is 17.4 Å². The summed E-state index contributed by atoms with van der Waals surface area (Å²) >= 11 is 0. The smallest absolute Gasteiger partial charge is 0.230 e. The van der Waals surface area contributed by atoms with E-state index in [1.807, 2.05) is 19.2 Å². The predicted molar refractivity (Wildman–Crippen MR) is 106 cm³/mol. The fourth-order valence-corrected chi connectivity index (χ4v) is 3.09. The van der Waals surface area contributed by atoms with Crippen molar-refractivity contribution in [3.63, 3.8) is 0 Å². The first-order chi connectivity index (χ1) is 14.0. The summed E-state index contributed by atoms with van der Waals surface area (Å²) in [6.07, 6.45) is 5.98. The van der Waals surface area contributed by atoms with Crippen molar-refractivity contribution in [2.75, 3.05) is 17.3 Å². The Kier molecular flexibility index (Phi) is 5.24. The molecule has 1 aromatic carbocycles. The zero-order chi connectivity index (χ0) is 20.4. The van der Waals surface area contributed by atoms with E-state index >= 15 is 0 Å². The highest BCUT2D eigenvalue weighted by Crippen LogP contribution is 2.28. The Bertz CT molecular complexity index is 1010. The Hall–Kier alpha value is -3.29. The normalized spacial score (nSPS) is 13.3. The van der Waals surface area contributed by atoms with Crippen molar-refractivity contribution >= 4 is 17.5 Å². The number of aromatic nitrogens is 3. The van der Waals surface area contributed by atoms with Crippen molar-refractivity contribution in [3.8, 4) is 0 Å². The van der Waals surface area contributed by atoms with Crippen molar-refractivity contribution < 1.29 is 13.6 Å². The molecule has 1 amide bonds. The van der Waals surface area contributed by atoms with Gasteiger partial charge in [-0.2, -0.15) is 5.10 Å². The first-order valence-corrected chi connectivity index (χ1v) is 9.43. The Morgan fingerprint density at radius 1 is 1.17 bits per heavy atom. The Balaban J connectivity index is 1.32. The van der Waals surface area contributed by atoms with Gasteiger partial charge in [-0.15, -0.1) is 0 Å². The molecule has 2 aromatic heterocycles. The highest BCUT2D eigenvalue weighted by Gasteiger charge is 2.26. The minimum absolute atomic E-state index is 0.191. The van der Waals surface area contributed by atoms with Crippen LogP contribution in [0.4, 0.5) is 20.4 Å². The van der Waals surface area contributed by atoms with Gasteiger partial charge in [-0.05, 0) is 42.2 Å². The number of hydrogen-bond donors (Lipinski definition) is 1. The highest BCUT2D eigenvalue weighted by atomic mass is 19.2. The van der Waals surface area contributed by atoms with Crippen LogP contribution in [0.15, 0.2) is 48.8 Å². The fraction of sp³-hybridized carbons (Fsp3) is 0.286. The molecule has 0 atom stereocenters. The van der Waals surface area contributed by atoms with Gasteiger partial charge in [-0.3, -0.25) is 9.48 Å². The number of rotatable bonds is 7. The van der Waals surface area contributed by atoms with Gasteiger partial charge in [-0.1, -0.05) is 12.1 Å². The molecule has 4 rings (SSSR count). The molecule has 1 aliphatic rings. The second-order valence-electron chi connectivity index (χ2n) is 7.24. The molecule has 29 heavy (non-hydrogen) atoms. The maximum atomic E-state index is 13.3. The SMILES string of the molecule is CN(c1ccc(CC(=O)Nc2ccn(Cc3ccc(F)c(F)c3)n2)cn1)C1CC1. The van der Waals surface area contributed by atoms with Crippen LogP contribution < -0.4 is 10.2 Å². The highest BCUT2D eigenvalue weighted by molar-refractivity contribution is 5.91. The van der Waals surface area contributed by atoms with Crippen molar-refractivity contribution in [1.82, 2.24) is 14.8 Å². The monoisotopic (exact) mass is 397 g/mol. The summed E-state index contributed by atoms with van der Waals surface area (Å²) in [6.45, 7) is 0.271. The number of amides is 1. The first kappa shape index (κ1) is 19.0. The number of anilines is 2. The van der Waals surface area contributed by atoms with Crippen LogP contribution in [-0.4, -0.2) is 33.8 Å². The summed E-state index contributed by atoms with van der Waals surface area (Å²) in [4.78, 5) is 18.9. The van der Waals surface area contributed by atoms with Gasteiger partial charge in [0.15, 0.2) is 17.5 Å². The Labute approximate surface area is 167 Å². The molecule has 0 aliphatic heterocycles. The van der Waals surface area contributed by atoms with Crippen LogP contribution >= 0.6 is 0 Å². The third kappa shape index (κ3) is 4.77. The van der Waals surface area contributed by atoms with Gasteiger partial charge in [0, 0.05) is 31.5 Å². The van der Waals surface area contributed by atoms with Gasteiger partial charge in [0.25, 0.3) is 0 Å². The molecule has 1 saturated carbocycles. The van der Waals surface area contributed by atoms with Crippen LogP contribution in [0.5, 0.6) is 0 Å². The average molecular weight is 397 g/mol. The lowest BCUT2D eigenvalue weighted by atomic mass is 10.2. The molecule has 6 nitrogen and oxygen atoms in total. The molecule has 0 saturated heterocycles. The summed E-state index contributed by atoms with van der Waals surface area (Å²) in [5.41, 5.74) is 1.39. The topological polar surface area (TPSA) is 63.1 Å². The maximum absolute atomic E-state index is 13.3. The van der Waals surface area contributed by atoms with Crippen LogP contribution in [0.1, 0.15) is 24.0 Å². The number of nitrogens with one attached hydrogen (secondary N) is 1. The van der Waals surface area contributed by atoms with Crippen LogP contribution in [0.25, 0.3) is 0 Å². The number of pyridine rings is 1. The lowest BCUT2D eigenvalue weighted by molar-refractivity contribution is -0.115. The standard InChI is InChI=1S/C21H21F2N5O/c1-27(16-4-5-16)20-7-3-14(12-24-20)11-21(29)25-19-8-9-28(26-19)13-15-2-6-17(22)18(23)10-15/h2-3,6-10,12,16H,4-5,11,13H2,1H3,(H,25,26,29). The zero-order valence-corrected chi connectivity index (χ0v) is 16.0. The zero-order valence-electron chi connectivity index (χ0n) is 16.0. The lowest BCUT2D eigenvalue weighted by Crippen LogP contribution is -2.20. The number of hydrogen-bond acceptors (Lipinski definition) is 4. The Morgan fingerprint density at radius 3 is 2.66 bits per heavy atom. The van der Waals surface area contributed by atoms with Gasteiger partial charge in [-0.25, -0.2) is 13.8 Å². The van der Waals surface area contributed by atoms with E-state index in [9.17, 15) is 13.6 Å². The van der Waals surface area contributed by atoms with E-state index in [1.165, 1.54) is 18.9 Å². The predicted octanol–water partition coefficient (Wildman–Crippen LogP) is 3.38. The molecule has 0 bridgehead atoms. The summed E-state index contributed by atoms with van der Waals surface area (Å²) in [5.74, 6) is -0.675. The third-order valence-corrected chi connectivity index (χ3v) is 4.87. The van der Waals surface area contributed by atoms with Crippen molar-refractivity contribution in [2.24, 2.45) is 0 Å².